The van der Waals surface area contributed by atoms with E-state index in [0.717, 1.165) is 12.4 Å². The Balaban J connectivity index is 2.30. The Morgan fingerprint density at radius 2 is 2.00 bits per heavy atom. The number of aromatic nitrogens is 1. The summed E-state index contributed by atoms with van der Waals surface area (Å²) < 4.78 is 5.63. The van der Waals surface area contributed by atoms with Gasteiger partial charge in [0.1, 0.15) is 5.82 Å². The standard InChI is InChI=1S/C16H29N3OS/c1-13(2)12-20-16-14(17)8-9-15(19-16)18-10-6-4-5-7-11-21-3/h8-9,13H,4-7,10-12,17H2,1-3H3,(H,18,19). The van der Waals surface area contributed by atoms with Crippen LogP contribution in [0, 0.1) is 5.92 Å². The lowest BCUT2D eigenvalue weighted by Crippen LogP contribution is -2.09. The molecule has 5 heteroatoms. The Kier molecular flexibility index (Phi) is 9.06. The summed E-state index contributed by atoms with van der Waals surface area (Å²) in [5, 5.41) is 3.34. The number of nitrogen functional groups attached to an aromatic ring is 1. The number of nitrogens with two attached hydrogens (primary N) is 1. The molecule has 4 nitrogen and oxygen atoms in total. The third-order valence-electron chi connectivity index (χ3n) is 3.02. The number of nitrogens with one attached hydrogen (secondary N) is 1. The molecule has 0 aliphatic carbocycles. The van der Waals surface area contributed by atoms with Crippen LogP contribution >= 0.6 is 11.8 Å². The van der Waals surface area contributed by atoms with Crippen LogP contribution in [0.2, 0.25) is 0 Å². The third-order valence-corrected chi connectivity index (χ3v) is 3.72. The van der Waals surface area contributed by atoms with E-state index in [-0.39, 0.29) is 0 Å². The number of thioether (sulfide) groups is 1. The van der Waals surface area contributed by atoms with Crippen LogP contribution in [-0.2, 0) is 0 Å². The molecule has 0 amide bonds. The fourth-order valence-corrected chi connectivity index (χ4v) is 2.35. The van der Waals surface area contributed by atoms with Crippen molar-refractivity contribution in [3.8, 4) is 5.88 Å². The second-order valence-corrected chi connectivity index (χ2v) is 6.62. The molecular weight excluding hydrogens is 282 g/mol. The van der Waals surface area contributed by atoms with E-state index in [9.17, 15) is 0 Å². The zero-order chi connectivity index (χ0) is 15.5. The minimum atomic E-state index is 0.462. The summed E-state index contributed by atoms with van der Waals surface area (Å²) >= 11 is 1.92. The van der Waals surface area contributed by atoms with Gasteiger partial charge in [0.25, 0.3) is 0 Å². The van der Waals surface area contributed by atoms with Crippen LogP contribution < -0.4 is 15.8 Å². The van der Waals surface area contributed by atoms with E-state index >= 15 is 0 Å². The molecule has 0 aliphatic heterocycles. The molecular formula is C16H29N3OS. The number of nitrogens with zero attached hydrogens (tertiary/aromatic N) is 1. The molecule has 0 saturated heterocycles. The molecule has 0 atom stereocenters. The quantitative estimate of drug-likeness (QED) is 0.604. The average Bonchev–Trinajstić information content (AvgIpc) is 2.46. The lowest BCUT2D eigenvalue weighted by atomic mass is 10.2. The molecule has 21 heavy (non-hydrogen) atoms. The molecule has 0 spiro atoms. The third kappa shape index (κ3) is 8.05. The van der Waals surface area contributed by atoms with E-state index < -0.39 is 0 Å². The van der Waals surface area contributed by atoms with Crippen molar-refractivity contribution >= 4 is 23.3 Å². The molecule has 0 aliphatic rings. The van der Waals surface area contributed by atoms with Gasteiger partial charge in [-0.2, -0.15) is 16.7 Å². The van der Waals surface area contributed by atoms with Gasteiger partial charge in [-0.1, -0.05) is 26.7 Å². The van der Waals surface area contributed by atoms with Crippen LogP contribution in [0.1, 0.15) is 39.5 Å². The van der Waals surface area contributed by atoms with Crippen molar-refractivity contribution in [2.24, 2.45) is 5.92 Å². The van der Waals surface area contributed by atoms with E-state index in [4.69, 9.17) is 10.5 Å². The lowest BCUT2D eigenvalue weighted by molar-refractivity contribution is 0.263. The molecule has 3 N–H and O–H groups in total. The van der Waals surface area contributed by atoms with Crippen molar-refractivity contribution in [1.82, 2.24) is 4.98 Å². The molecule has 0 bridgehead atoms. The van der Waals surface area contributed by atoms with E-state index in [1.54, 1.807) is 0 Å². The van der Waals surface area contributed by atoms with Crippen molar-refractivity contribution < 1.29 is 4.74 Å². The fourth-order valence-electron chi connectivity index (χ4n) is 1.85. The summed E-state index contributed by atoms with van der Waals surface area (Å²) in [4.78, 5) is 4.43. The summed E-state index contributed by atoms with van der Waals surface area (Å²) in [6, 6.07) is 3.76. The van der Waals surface area contributed by atoms with E-state index in [0.29, 0.717) is 24.1 Å². The smallest absolute Gasteiger partial charge is 0.239 e. The SMILES string of the molecule is CSCCCCCCNc1ccc(N)c(OCC(C)C)n1. The maximum Gasteiger partial charge on any atom is 0.239 e. The van der Waals surface area contributed by atoms with Gasteiger partial charge in [0.05, 0.1) is 12.3 Å². The van der Waals surface area contributed by atoms with Crippen molar-refractivity contribution in [3.63, 3.8) is 0 Å². The zero-order valence-corrected chi connectivity index (χ0v) is 14.3. The van der Waals surface area contributed by atoms with E-state index in [1.807, 2.05) is 23.9 Å². The molecule has 0 radical (unpaired) electrons. The highest BCUT2D eigenvalue weighted by molar-refractivity contribution is 7.98. The van der Waals surface area contributed by atoms with Gasteiger partial charge in [-0.15, -0.1) is 0 Å². The first kappa shape index (κ1) is 18.0. The lowest BCUT2D eigenvalue weighted by Gasteiger charge is -2.12. The Morgan fingerprint density at radius 1 is 1.24 bits per heavy atom. The number of unbranched alkanes of at least 4 members (excludes halogenated alkanes) is 3. The van der Waals surface area contributed by atoms with Gasteiger partial charge >= 0.3 is 0 Å². The second-order valence-electron chi connectivity index (χ2n) is 5.63. The highest BCUT2D eigenvalue weighted by Gasteiger charge is 2.05. The van der Waals surface area contributed by atoms with Gasteiger partial charge in [-0.3, -0.25) is 0 Å². The molecule has 0 aromatic carbocycles. The summed E-state index contributed by atoms with van der Waals surface area (Å²) in [6.07, 6.45) is 7.21. The Hall–Kier alpha value is -1.10. The molecule has 1 heterocycles. The Labute approximate surface area is 133 Å². The number of pyridine rings is 1. The highest BCUT2D eigenvalue weighted by Crippen LogP contribution is 2.21. The fraction of sp³-hybridized carbons (Fsp3) is 0.688. The van der Waals surface area contributed by atoms with Crippen LogP contribution in [0.15, 0.2) is 12.1 Å². The molecule has 1 aromatic heterocycles. The van der Waals surface area contributed by atoms with Crippen LogP contribution in [0.3, 0.4) is 0 Å². The maximum atomic E-state index is 5.88. The largest absolute Gasteiger partial charge is 0.476 e. The number of ether oxygens (including phenoxy) is 1. The highest BCUT2D eigenvalue weighted by atomic mass is 32.2. The summed E-state index contributed by atoms with van der Waals surface area (Å²) in [7, 11) is 0. The number of hydrogen-bond donors (Lipinski definition) is 2. The predicted molar refractivity (Wildman–Crippen MR) is 94.3 cm³/mol. The van der Waals surface area contributed by atoms with E-state index in [1.165, 1.54) is 31.4 Å². The van der Waals surface area contributed by atoms with Crippen molar-refractivity contribution in [2.45, 2.75) is 39.5 Å². The van der Waals surface area contributed by atoms with Gasteiger partial charge < -0.3 is 15.8 Å². The first-order valence-electron chi connectivity index (χ1n) is 7.75. The van der Waals surface area contributed by atoms with Crippen molar-refractivity contribution in [3.05, 3.63) is 12.1 Å². The summed E-state index contributed by atoms with van der Waals surface area (Å²) in [5.74, 6) is 3.11. The number of rotatable bonds is 11. The van der Waals surface area contributed by atoms with Crippen LogP contribution in [0.5, 0.6) is 5.88 Å². The minimum Gasteiger partial charge on any atom is -0.476 e. The second kappa shape index (κ2) is 10.6. The summed E-state index contributed by atoms with van der Waals surface area (Å²) in [6.45, 7) is 5.79. The van der Waals surface area contributed by atoms with Crippen molar-refractivity contribution in [1.29, 1.82) is 0 Å². The molecule has 1 rings (SSSR count). The minimum absolute atomic E-state index is 0.462. The van der Waals surface area contributed by atoms with Crippen LogP contribution in [0.4, 0.5) is 11.5 Å². The first-order valence-corrected chi connectivity index (χ1v) is 9.15. The van der Waals surface area contributed by atoms with Gasteiger partial charge in [0, 0.05) is 6.54 Å². The summed E-state index contributed by atoms with van der Waals surface area (Å²) in [5.41, 5.74) is 6.48. The normalized spacial score (nSPS) is 10.9. The molecule has 0 fully saturated rings. The van der Waals surface area contributed by atoms with Crippen LogP contribution in [-0.4, -0.2) is 30.1 Å². The molecule has 0 unspecified atom stereocenters. The van der Waals surface area contributed by atoms with Crippen LogP contribution in [0.25, 0.3) is 0 Å². The maximum absolute atomic E-state index is 5.88. The monoisotopic (exact) mass is 311 g/mol. The average molecular weight is 311 g/mol. The number of anilines is 2. The topological polar surface area (TPSA) is 60.2 Å². The Bertz CT molecular complexity index is 399. The molecule has 0 saturated carbocycles. The van der Waals surface area contributed by atoms with Gasteiger partial charge in [-0.25, -0.2) is 0 Å². The van der Waals surface area contributed by atoms with E-state index in [2.05, 4.69) is 30.4 Å². The van der Waals surface area contributed by atoms with Gasteiger partial charge in [0.2, 0.25) is 5.88 Å². The van der Waals surface area contributed by atoms with Gasteiger partial charge in [-0.05, 0) is 42.9 Å². The Morgan fingerprint density at radius 3 is 2.71 bits per heavy atom. The van der Waals surface area contributed by atoms with Crippen molar-refractivity contribution in [2.75, 3.05) is 36.2 Å². The molecule has 120 valence electrons. The first-order chi connectivity index (χ1) is 10.1. The zero-order valence-electron chi connectivity index (χ0n) is 13.5. The molecule has 1 aromatic rings. The predicted octanol–water partition coefficient (Wildman–Crippen LogP) is 4.03. The number of hydrogen-bond acceptors (Lipinski definition) is 5. The van der Waals surface area contributed by atoms with Gasteiger partial charge in [0.15, 0.2) is 0 Å².